The van der Waals surface area contributed by atoms with Gasteiger partial charge < -0.3 is 14.5 Å². The number of aromatic nitrogens is 1. The summed E-state index contributed by atoms with van der Waals surface area (Å²) in [6, 6.07) is 44.7. The molecule has 0 fully saturated rings. The molecule has 7 aromatic rings. The summed E-state index contributed by atoms with van der Waals surface area (Å²) in [6.07, 6.45) is 26.5. The van der Waals surface area contributed by atoms with E-state index >= 15 is 0 Å². The number of nitrogens with one attached hydrogen (secondary N) is 1. The Bertz CT molecular complexity index is 2600. The predicted octanol–water partition coefficient (Wildman–Crippen LogP) is 19.1. The number of hydrogen-bond donors (Lipinski definition) is 1. The zero-order valence-corrected chi connectivity index (χ0v) is 41.5. The smallest absolute Gasteiger partial charge is 0.119 e. The van der Waals surface area contributed by atoms with Crippen molar-refractivity contribution in [1.82, 2.24) is 4.98 Å². The second-order valence-electron chi connectivity index (χ2n) is 18.2. The minimum Gasteiger partial charge on any atom is -0.494 e. The van der Waals surface area contributed by atoms with Gasteiger partial charge in [-0.1, -0.05) is 207 Å². The van der Waals surface area contributed by atoms with Crippen LogP contribution < -0.4 is 9.47 Å². The Balaban J connectivity index is 1.03. The van der Waals surface area contributed by atoms with E-state index in [2.05, 4.69) is 159 Å². The van der Waals surface area contributed by atoms with Crippen molar-refractivity contribution < 1.29 is 9.47 Å². The highest BCUT2D eigenvalue weighted by molar-refractivity contribution is 8.01. The monoisotopic (exact) mass is 913 g/mol. The first-order valence-corrected chi connectivity index (χ1v) is 27.1. The average Bonchev–Trinajstić information content (AvgIpc) is 4.11. The summed E-state index contributed by atoms with van der Waals surface area (Å²) in [5.74, 6) is 2.14. The van der Waals surface area contributed by atoms with Crippen LogP contribution in [0.4, 0.5) is 0 Å². The summed E-state index contributed by atoms with van der Waals surface area (Å²) in [7, 11) is 0. The van der Waals surface area contributed by atoms with Crippen LogP contribution in [-0.2, 0) is 6.42 Å². The lowest BCUT2D eigenvalue weighted by molar-refractivity contribution is 0.304. The first kappa shape index (κ1) is 47.5. The number of benzene rings is 5. The average molecular weight is 914 g/mol. The zero-order valence-electron chi connectivity index (χ0n) is 39.8. The minimum absolute atomic E-state index is 0.260. The van der Waals surface area contributed by atoms with Gasteiger partial charge in [-0.3, -0.25) is 0 Å². The van der Waals surface area contributed by atoms with Crippen LogP contribution in [0.3, 0.4) is 0 Å². The van der Waals surface area contributed by atoms with E-state index in [0.29, 0.717) is 0 Å². The SMILES string of the molecule is CCCCCCCCCCOc1ccc(-c2cccc3[nH]c(-c4ccc(Sc5ccccc5C5C=Cc6c(CC)cccc65)s4)c(-c4ccc(OCCCCCCCCCC)cc4)c23)cc1. The van der Waals surface area contributed by atoms with E-state index in [9.17, 15) is 0 Å². The second kappa shape index (κ2) is 24.7. The number of aryl methyl sites for hydroxylation is 1. The van der Waals surface area contributed by atoms with E-state index < -0.39 is 0 Å². The van der Waals surface area contributed by atoms with Crippen LogP contribution in [0.2, 0.25) is 0 Å². The molecule has 0 radical (unpaired) electrons. The lowest BCUT2D eigenvalue weighted by Gasteiger charge is -2.16. The zero-order chi connectivity index (χ0) is 45.3. The first-order chi connectivity index (χ1) is 32.6. The van der Waals surface area contributed by atoms with E-state index in [4.69, 9.17) is 9.47 Å². The molecule has 5 heteroatoms. The molecule has 5 aromatic carbocycles. The quantitative estimate of drug-likeness (QED) is 0.0522. The van der Waals surface area contributed by atoms with E-state index in [-0.39, 0.29) is 5.92 Å². The third-order valence-electron chi connectivity index (χ3n) is 13.4. The van der Waals surface area contributed by atoms with Crippen molar-refractivity contribution in [2.45, 2.75) is 145 Å². The fourth-order valence-electron chi connectivity index (χ4n) is 9.69. The number of thiophene rings is 1. The highest BCUT2D eigenvalue weighted by Crippen LogP contribution is 2.48. The molecule has 1 unspecified atom stereocenters. The molecule has 1 aliphatic carbocycles. The Kier molecular flexibility index (Phi) is 17.8. The number of unbranched alkanes of at least 4 members (excludes halogenated alkanes) is 14. The van der Waals surface area contributed by atoms with E-state index in [1.165, 1.54) is 154 Å². The molecule has 66 heavy (non-hydrogen) atoms. The van der Waals surface area contributed by atoms with Gasteiger partial charge in [-0.2, -0.15) is 0 Å². The van der Waals surface area contributed by atoms with Gasteiger partial charge in [-0.05, 0) is 107 Å². The molecule has 0 saturated heterocycles. The number of rotatable bonds is 27. The molecule has 1 atom stereocenters. The maximum atomic E-state index is 6.31. The summed E-state index contributed by atoms with van der Waals surface area (Å²) >= 11 is 3.75. The molecule has 2 aromatic heterocycles. The Morgan fingerprint density at radius 1 is 0.545 bits per heavy atom. The van der Waals surface area contributed by atoms with Crippen molar-refractivity contribution in [2.75, 3.05) is 13.2 Å². The Morgan fingerprint density at radius 3 is 1.79 bits per heavy atom. The van der Waals surface area contributed by atoms with Crippen molar-refractivity contribution in [3.63, 3.8) is 0 Å². The Hall–Kier alpha value is -4.97. The molecule has 0 aliphatic heterocycles. The third kappa shape index (κ3) is 12.1. The van der Waals surface area contributed by atoms with Crippen LogP contribution in [0.1, 0.15) is 152 Å². The molecule has 0 saturated carbocycles. The van der Waals surface area contributed by atoms with E-state index in [1.54, 1.807) is 0 Å². The number of hydrogen-bond acceptors (Lipinski definition) is 4. The van der Waals surface area contributed by atoms with Gasteiger partial charge in [0.25, 0.3) is 0 Å². The number of ether oxygens (including phenoxy) is 2. The van der Waals surface area contributed by atoms with Crippen molar-refractivity contribution in [3.05, 3.63) is 150 Å². The summed E-state index contributed by atoms with van der Waals surface area (Å²) in [4.78, 5) is 6.47. The number of fused-ring (bicyclic) bond motifs is 2. The molecule has 1 aliphatic rings. The van der Waals surface area contributed by atoms with Gasteiger partial charge in [0.05, 0.1) is 28.0 Å². The second-order valence-corrected chi connectivity index (χ2v) is 20.6. The van der Waals surface area contributed by atoms with Gasteiger partial charge in [0.1, 0.15) is 11.5 Å². The summed E-state index contributed by atoms with van der Waals surface area (Å²) in [5, 5.41) is 1.23. The molecule has 344 valence electrons. The minimum atomic E-state index is 0.260. The fourth-order valence-corrected chi connectivity index (χ4v) is 12.0. The molecular formula is C61H71NO2S2. The topological polar surface area (TPSA) is 34.2 Å². The standard InChI is InChI=1S/C61H71NO2S2/c1-4-7-9-11-13-15-17-21-43-63-48-35-31-46(32-36-48)51-27-24-29-55-60(51)59(47-33-37-49(38-34-47)64-44-22-18-16-14-12-10-8-5-2)61(62-55)57-41-42-58(66-57)65-56-30-20-19-26-54(56)53-40-39-50-45(6-3)25-23-28-52(50)53/h19-20,23-42,53,62H,4-18,21-22,43-44H2,1-3H3. The molecule has 2 heterocycles. The van der Waals surface area contributed by atoms with Crippen LogP contribution in [0, 0.1) is 0 Å². The van der Waals surface area contributed by atoms with Gasteiger partial charge >= 0.3 is 0 Å². The molecule has 3 nitrogen and oxygen atoms in total. The van der Waals surface area contributed by atoms with E-state index in [0.717, 1.165) is 55.2 Å². The van der Waals surface area contributed by atoms with E-state index in [1.807, 2.05) is 23.1 Å². The maximum absolute atomic E-state index is 6.31. The predicted molar refractivity (Wildman–Crippen MR) is 286 cm³/mol. The Labute approximate surface area is 404 Å². The van der Waals surface area contributed by atoms with Gasteiger partial charge in [-0.25, -0.2) is 0 Å². The van der Waals surface area contributed by atoms with Crippen LogP contribution in [0.25, 0.3) is 49.8 Å². The van der Waals surface area contributed by atoms with Crippen molar-refractivity contribution in [2.24, 2.45) is 0 Å². The largest absolute Gasteiger partial charge is 0.494 e. The number of H-pyrrole nitrogens is 1. The van der Waals surface area contributed by atoms with Crippen LogP contribution >= 0.6 is 23.1 Å². The molecule has 0 spiro atoms. The highest BCUT2D eigenvalue weighted by atomic mass is 32.2. The molecule has 8 rings (SSSR count). The van der Waals surface area contributed by atoms with Crippen molar-refractivity contribution >= 4 is 40.1 Å². The molecule has 1 N–H and O–H groups in total. The third-order valence-corrected chi connectivity index (χ3v) is 15.7. The number of allylic oxidation sites excluding steroid dienone is 1. The van der Waals surface area contributed by atoms with Gasteiger partial charge in [-0.15, -0.1) is 11.3 Å². The summed E-state index contributed by atoms with van der Waals surface area (Å²) < 4.78 is 13.8. The van der Waals surface area contributed by atoms with Crippen molar-refractivity contribution in [1.29, 1.82) is 0 Å². The van der Waals surface area contributed by atoms with Crippen LogP contribution in [0.15, 0.2) is 137 Å². The number of aromatic amines is 1. The maximum Gasteiger partial charge on any atom is 0.119 e. The summed E-state index contributed by atoms with van der Waals surface area (Å²) in [5.41, 5.74) is 12.7. The normalized spacial score (nSPS) is 13.2. The van der Waals surface area contributed by atoms with Crippen LogP contribution in [-0.4, -0.2) is 18.2 Å². The lowest BCUT2D eigenvalue weighted by Crippen LogP contribution is -1.99. The fraction of sp³-hybridized carbons (Fsp3) is 0.377. The highest BCUT2D eigenvalue weighted by Gasteiger charge is 2.24. The molecule has 0 bridgehead atoms. The van der Waals surface area contributed by atoms with Gasteiger partial charge in [0, 0.05) is 27.3 Å². The van der Waals surface area contributed by atoms with Crippen molar-refractivity contribution in [3.8, 4) is 44.3 Å². The molecule has 0 amide bonds. The van der Waals surface area contributed by atoms with Gasteiger partial charge in [0.15, 0.2) is 0 Å². The summed E-state index contributed by atoms with van der Waals surface area (Å²) in [6.45, 7) is 8.35. The van der Waals surface area contributed by atoms with Crippen LogP contribution in [0.5, 0.6) is 11.5 Å². The molecular weight excluding hydrogens is 843 g/mol. The first-order valence-electron chi connectivity index (χ1n) is 25.4. The van der Waals surface area contributed by atoms with Gasteiger partial charge in [0.2, 0.25) is 0 Å². The lowest BCUT2D eigenvalue weighted by atomic mass is 9.91. The Morgan fingerprint density at radius 2 is 1.14 bits per heavy atom.